The van der Waals surface area contributed by atoms with E-state index >= 15 is 0 Å². The first-order valence-corrected chi connectivity index (χ1v) is 4.03. The molecule has 6 N–H and O–H groups in total. The minimum atomic E-state index is -0.423. The Hall–Kier alpha value is -2.15. The minimum absolute atomic E-state index is 0.0573. The number of nitrogens with one attached hydrogen (secondary N) is 2. The van der Waals surface area contributed by atoms with E-state index in [-0.39, 0.29) is 5.96 Å². The summed E-state index contributed by atoms with van der Waals surface area (Å²) in [6, 6.07) is 5.61. The molecule has 1 aromatic carbocycles. The summed E-state index contributed by atoms with van der Waals surface area (Å²) >= 11 is 0. The van der Waals surface area contributed by atoms with Crippen molar-refractivity contribution >= 4 is 18.0 Å². The number of guanidine groups is 1. The number of halogens is 1. The molecule has 0 amide bonds. The Labute approximate surface area is 85.8 Å². The van der Waals surface area contributed by atoms with Gasteiger partial charge in [-0.15, -0.1) is 5.10 Å². The van der Waals surface area contributed by atoms with Crippen LogP contribution in [0, 0.1) is 11.2 Å². The average molecular weight is 210 g/mol. The van der Waals surface area contributed by atoms with Crippen molar-refractivity contribution in [1.82, 2.24) is 5.53 Å². The van der Waals surface area contributed by atoms with Crippen molar-refractivity contribution in [2.24, 2.45) is 16.7 Å². The Bertz CT molecular complexity index is 377. The van der Waals surface area contributed by atoms with Crippen molar-refractivity contribution in [3.63, 3.8) is 0 Å². The predicted octanol–water partition coefficient (Wildman–Crippen LogP) is -0.0678. The molecule has 6 nitrogen and oxygen atoms in total. The van der Waals surface area contributed by atoms with Gasteiger partial charge in [0.1, 0.15) is 5.82 Å². The van der Waals surface area contributed by atoms with Gasteiger partial charge in [0.25, 0.3) is 0 Å². The molecule has 0 spiro atoms. The number of rotatable bonds is 3. The fourth-order valence-corrected chi connectivity index (χ4v) is 1.02. The van der Waals surface area contributed by atoms with Crippen LogP contribution in [-0.2, 0) is 0 Å². The Morgan fingerprint density at radius 2 is 2.33 bits per heavy atom. The molecule has 0 saturated heterocycles. The minimum Gasteiger partial charge on any atom is -0.368 e. The van der Waals surface area contributed by atoms with Crippen molar-refractivity contribution in [3.05, 3.63) is 30.1 Å². The second-order valence-corrected chi connectivity index (χ2v) is 2.58. The van der Waals surface area contributed by atoms with Crippen LogP contribution >= 0.6 is 0 Å². The van der Waals surface area contributed by atoms with Gasteiger partial charge in [-0.25, -0.2) is 15.8 Å². The standard InChI is InChI=1S/C8H11FN6/c9-6-2-1-3-7(4-6)15(5-10)8(11)13-14-12/h1-5,10,14H,12H2,(H2,11,13). The van der Waals surface area contributed by atoms with Gasteiger partial charge in [-0.3, -0.25) is 10.3 Å². The quantitative estimate of drug-likeness (QED) is 0.243. The summed E-state index contributed by atoms with van der Waals surface area (Å²) < 4.78 is 12.9. The molecule has 80 valence electrons. The van der Waals surface area contributed by atoms with E-state index in [0.29, 0.717) is 5.69 Å². The van der Waals surface area contributed by atoms with Crippen LogP contribution < -0.4 is 22.0 Å². The molecule has 15 heavy (non-hydrogen) atoms. The van der Waals surface area contributed by atoms with E-state index in [1.807, 2.05) is 5.53 Å². The van der Waals surface area contributed by atoms with Crippen molar-refractivity contribution in [2.45, 2.75) is 0 Å². The second-order valence-electron chi connectivity index (χ2n) is 2.58. The van der Waals surface area contributed by atoms with Gasteiger partial charge in [-0.2, -0.15) is 0 Å². The smallest absolute Gasteiger partial charge is 0.225 e. The maximum absolute atomic E-state index is 12.9. The maximum Gasteiger partial charge on any atom is 0.225 e. The first-order chi connectivity index (χ1) is 7.19. The van der Waals surface area contributed by atoms with Gasteiger partial charge in [0, 0.05) is 0 Å². The summed E-state index contributed by atoms with van der Waals surface area (Å²) in [5.74, 6) is 4.46. The number of nitrogens with two attached hydrogens (primary N) is 2. The highest BCUT2D eigenvalue weighted by Gasteiger charge is 2.08. The molecule has 0 fully saturated rings. The van der Waals surface area contributed by atoms with Gasteiger partial charge in [0.15, 0.2) is 0 Å². The number of hydrazine groups is 1. The summed E-state index contributed by atoms with van der Waals surface area (Å²) in [4.78, 5) is 1.17. The van der Waals surface area contributed by atoms with Crippen LogP contribution in [0.5, 0.6) is 0 Å². The Morgan fingerprint density at radius 1 is 1.60 bits per heavy atom. The Kier molecular flexibility index (Phi) is 3.58. The highest BCUT2D eigenvalue weighted by Crippen LogP contribution is 2.13. The molecule has 0 aliphatic rings. The molecule has 0 atom stereocenters. The molecule has 1 aromatic rings. The zero-order chi connectivity index (χ0) is 11.3. The molecule has 0 saturated carbocycles. The third-order valence-electron chi connectivity index (χ3n) is 1.64. The number of hydrazone groups is 1. The third-order valence-corrected chi connectivity index (χ3v) is 1.64. The van der Waals surface area contributed by atoms with Crippen LogP contribution in [0.25, 0.3) is 0 Å². The van der Waals surface area contributed by atoms with E-state index in [4.69, 9.17) is 17.0 Å². The molecule has 0 aliphatic carbocycles. The third kappa shape index (κ3) is 2.64. The average Bonchev–Trinajstić information content (AvgIpc) is 2.19. The molecule has 0 radical (unpaired) electrons. The van der Waals surface area contributed by atoms with Crippen molar-refractivity contribution in [3.8, 4) is 0 Å². The monoisotopic (exact) mass is 210 g/mol. The van der Waals surface area contributed by atoms with Crippen LogP contribution in [0.15, 0.2) is 29.4 Å². The van der Waals surface area contributed by atoms with Crippen LogP contribution in [0.1, 0.15) is 0 Å². The van der Waals surface area contributed by atoms with Gasteiger partial charge >= 0.3 is 0 Å². The van der Waals surface area contributed by atoms with E-state index in [2.05, 4.69) is 5.10 Å². The SMILES string of the molecule is N=CN(/C(N)=N/NN)c1cccc(F)c1. The van der Waals surface area contributed by atoms with Crippen molar-refractivity contribution in [1.29, 1.82) is 5.41 Å². The fraction of sp³-hybridized carbons (Fsp3) is 0. The second kappa shape index (κ2) is 4.91. The zero-order valence-corrected chi connectivity index (χ0v) is 7.81. The van der Waals surface area contributed by atoms with E-state index < -0.39 is 5.82 Å². The fourth-order valence-electron chi connectivity index (χ4n) is 1.02. The predicted molar refractivity (Wildman–Crippen MR) is 56.6 cm³/mol. The van der Waals surface area contributed by atoms with Gasteiger partial charge < -0.3 is 5.73 Å². The molecule has 0 aromatic heterocycles. The van der Waals surface area contributed by atoms with Crippen LogP contribution in [0.2, 0.25) is 0 Å². The molecular weight excluding hydrogens is 199 g/mol. The van der Waals surface area contributed by atoms with E-state index in [9.17, 15) is 4.39 Å². The van der Waals surface area contributed by atoms with Crippen molar-refractivity contribution in [2.75, 3.05) is 4.90 Å². The Balaban J connectivity index is 3.02. The molecule has 1 rings (SSSR count). The van der Waals surface area contributed by atoms with E-state index in [0.717, 1.165) is 6.34 Å². The first-order valence-electron chi connectivity index (χ1n) is 4.03. The Morgan fingerprint density at radius 3 is 2.87 bits per heavy atom. The number of benzene rings is 1. The van der Waals surface area contributed by atoms with Gasteiger partial charge in [-0.1, -0.05) is 6.07 Å². The summed E-state index contributed by atoms with van der Waals surface area (Å²) in [7, 11) is 0. The summed E-state index contributed by atoms with van der Waals surface area (Å²) in [5, 5.41) is 10.6. The molecular formula is C8H11FN6. The van der Waals surface area contributed by atoms with Gasteiger partial charge in [-0.05, 0) is 18.2 Å². The molecule has 7 heteroatoms. The van der Waals surface area contributed by atoms with Crippen LogP contribution in [0.4, 0.5) is 10.1 Å². The number of nitrogens with zero attached hydrogens (tertiary/aromatic N) is 2. The molecule has 0 aliphatic heterocycles. The molecule has 0 unspecified atom stereocenters. The normalized spacial score (nSPS) is 10.9. The lowest BCUT2D eigenvalue weighted by Gasteiger charge is -2.17. The molecule has 0 heterocycles. The van der Waals surface area contributed by atoms with Gasteiger partial charge in [0.2, 0.25) is 5.96 Å². The molecule has 0 bridgehead atoms. The summed E-state index contributed by atoms with van der Waals surface area (Å²) in [6.07, 6.45) is 0.908. The summed E-state index contributed by atoms with van der Waals surface area (Å²) in [6.45, 7) is 0. The largest absolute Gasteiger partial charge is 0.368 e. The maximum atomic E-state index is 12.9. The van der Waals surface area contributed by atoms with E-state index in [1.54, 1.807) is 6.07 Å². The lowest BCUT2D eigenvalue weighted by Crippen LogP contribution is -2.38. The highest BCUT2D eigenvalue weighted by molar-refractivity contribution is 6.08. The number of hydrogen-bond donors (Lipinski definition) is 4. The number of hydrogen-bond acceptors (Lipinski definition) is 4. The highest BCUT2D eigenvalue weighted by atomic mass is 19.1. The van der Waals surface area contributed by atoms with E-state index in [1.165, 1.54) is 23.1 Å². The lowest BCUT2D eigenvalue weighted by atomic mass is 10.3. The zero-order valence-electron chi connectivity index (χ0n) is 7.81. The van der Waals surface area contributed by atoms with Crippen LogP contribution in [0.3, 0.4) is 0 Å². The topological polar surface area (TPSA) is 104 Å². The lowest BCUT2D eigenvalue weighted by molar-refractivity contribution is 0.628. The van der Waals surface area contributed by atoms with Crippen LogP contribution in [-0.4, -0.2) is 12.3 Å². The number of anilines is 1. The summed E-state index contributed by atoms with van der Waals surface area (Å²) in [5.41, 5.74) is 7.86. The first kappa shape index (κ1) is 10.9. The van der Waals surface area contributed by atoms with Crippen molar-refractivity contribution < 1.29 is 4.39 Å². The van der Waals surface area contributed by atoms with Gasteiger partial charge in [0.05, 0.1) is 12.0 Å².